The van der Waals surface area contributed by atoms with E-state index in [0.29, 0.717) is 12.1 Å². The third-order valence-corrected chi connectivity index (χ3v) is 3.46. The van der Waals surface area contributed by atoms with Gasteiger partial charge in [0.1, 0.15) is 17.2 Å². The minimum atomic E-state index is -0.932. The van der Waals surface area contributed by atoms with E-state index >= 15 is 0 Å². The number of aromatic nitrogens is 3. The first-order valence-corrected chi connectivity index (χ1v) is 7.47. The molecule has 0 saturated carbocycles. The maximum Gasteiger partial charge on any atom is 0.225 e. The largest absolute Gasteiger partial charge is 0.382 e. The molecule has 0 radical (unpaired) electrons. The molecule has 4 nitrogen and oxygen atoms in total. The van der Waals surface area contributed by atoms with Gasteiger partial charge < -0.3 is 5.32 Å². The van der Waals surface area contributed by atoms with Gasteiger partial charge in [-0.25, -0.2) is 18.7 Å². The van der Waals surface area contributed by atoms with Gasteiger partial charge in [-0.05, 0) is 24.1 Å². The number of nitrogens with one attached hydrogen (secondary N) is 1. The molecule has 0 amide bonds. The molecule has 2 heterocycles. The summed E-state index contributed by atoms with van der Waals surface area (Å²) >= 11 is 0. The van der Waals surface area contributed by atoms with Crippen molar-refractivity contribution in [3.63, 3.8) is 0 Å². The second-order valence-electron chi connectivity index (χ2n) is 5.78. The van der Waals surface area contributed by atoms with E-state index in [1.165, 1.54) is 12.4 Å². The van der Waals surface area contributed by atoms with Crippen LogP contribution in [-0.2, 0) is 0 Å². The molecule has 24 heavy (non-hydrogen) atoms. The maximum absolute atomic E-state index is 14.6. The highest BCUT2D eigenvalue weighted by atomic mass is 19.1. The lowest BCUT2D eigenvalue weighted by Crippen LogP contribution is -2.12. The summed E-state index contributed by atoms with van der Waals surface area (Å²) in [6.07, 6.45) is 2.83. The lowest BCUT2D eigenvalue weighted by atomic mass is 10.0. The van der Waals surface area contributed by atoms with Crippen molar-refractivity contribution in [1.29, 1.82) is 0 Å². The molecule has 0 saturated heterocycles. The second-order valence-corrected chi connectivity index (χ2v) is 5.78. The predicted octanol–water partition coefficient (Wildman–Crippen LogP) is 4.18. The van der Waals surface area contributed by atoms with Gasteiger partial charge in [-0.3, -0.25) is 0 Å². The summed E-state index contributed by atoms with van der Waals surface area (Å²) in [5, 5.41) is 3.07. The molecule has 0 bridgehead atoms. The molecule has 0 atom stereocenters. The predicted molar refractivity (Wildman–Crippen MR) is 86.0 cm³/mol. The zero-order valence-corrected chi connectivity index (χ0v) is 13.1. The molecule has 3 rings (SSSR count). The lowest BCUT2D eigenvalue weighted by molar-refractivity contribution is 0.582. The molecular weight excluding hydrogens is 317 g/mol. The van der Waals surface area contributed by atoms with Crippen LogP contribution in [0.1, 0.15) is 13.8 Å². The molecule has 0 aliphatic carbocycles. The Labute approximate surface area is 136 Å². The summed E-state index contributed by atoms with van der Waals surface area (Å²) in [5.74, 6) is -2.09. The molecule has 1 N–H and O–H groups in total. The van der Waals surface area contributed by atoms with E-state index in [4.69, 9.17) is 0 Å². The summed E-state index contributed by atoms with van der Waals surface area (Å²) < 4.78 is 42.3. The average molecular weight is 332 g/mol. The highest BCUT2D eigenvalue weighted by molar-refractivity contribution is 5.95. The van der Waals surface area contributed by atoms with Gasteiger partial charge in [0, 0.05) is 24.5 Å². The van der Waals surface area contributed by atoms with Crippen molar-refractivity contribution >= 4 is 16.9 Å². The van der Waals surface area contributed by atoms with Crippen LogP contribution in [0.4, 0.5) is 18.9 Å². The highest BCUT2D eigenvalue weighted by Crippen LogP contribution is 2.36. The van der Waals surface area contributed by atoms with E-state index in [0.717, 1.165) is 18.2 Å². The van der Waals surface area contributed by atoms with Gasteiger partial charge in [0.2, 0.25) is 5.95 Å². The van der Waals surface area contributed by atoms with Crippen LogP contribution in [0.3, 0.4) is 0 Å². The molecule has 0 aliphatic heterocycles. The van der Waals surface area contributed by atoms with Gasteiger partial charge in [-0.15, -0.1) is 0 Å². The number of anilines is 1. The minimum absolute atomic E-state index is 0.0989. The Morgan fingerprint density at radius 3 is 2.58 bits per heavy atom. The van der Waals surface area contributed by atoms with Crippen LogP contribution in [0.25, 0.3) is 22.3 Å². The smallest absolute Gasteiger partial charge is 0.225 e. The average Bonchev–Trinajstić information content (AvgIpc) is 2.54. The molecule has 3 aromatic rings. The van der Waals surface area contributed by atoms with E-state index in [-0.39, 0.29) is 28.4 Å². The van der Waals surface area contributed by atoms with Crippen LogP contribution in [0.15, 0.2) is 30.6 Å². The lowest BCUT2D eigenvalue weighted by Gasteiger charge is -2.16. The molecule has 7 heteroatoms. The molecule has 124 valence electrons. The van der Waals surface area contributed by atoms with Crippen molar-refractivity contribution in [1.82, 2.24) is 15.0 Å². The molecule has 1 aromatic carbocycles. The van der Waals surface area contributed by atoms with E-state index in [2.05, 4.69) is 20.3 Å². The van der Waals surface area contributed by atoms with E-state index in [1.54, 1.807) is 0 Å². The van der Waals surface area contributed by atoms with Gasteiger partial charge in [-0.2, -0.15) is 9.37 Å². The SMILES string of the molecule is CC(C)CNc1c(-c2cc(F)ccc2F)c(F)nc2nccnc12. The van der Waals surface area contributed by atoms with Crippen LogP contribution in [0, 0.1) is 23.5 Å². The van der Waals surface area contributed by atoms with E-state index in [9.17, 15) is 13.2 Å². The van der Waals surface area contributed by atoms with Gasteiger partial charge in [0.25, 0.3) is 0 Å². The van der Waals surface area contributed by atoms with Crippen LogP contribution in [0.5, 0.6) is 0 Å². The van der Waals surface area contributed by atoms with Crippen LogP contribution in [0.2, 0.25) is 0 Å². The Morgan fingerprint density at radius 2 is 1.83 bits per heavy atom. The van der Waals surface area contributed by atoms with E-state index < -0.39 is 17.6 Å². The van der Waals surface area contributed by atoms with Crippen molar-refractivity contribution < 1.29 is 13.2 Å². The molecule has 0 spiro atoms. The summed E-state index contributed by atoms with van der Waals surface area (Å²) in [6.45, 7) is 4.45. The maximum atomic E-state index is 14.6. The van der Waals surface area contributed by atoms with Crippen molar-refractivity contribution in [3.05, 3.63) is 48.2 Å². The molecule has 0 fully saturated rings. The minimum Gasteiger partial charge on any atom is -0.382 e. The molecule has 2 aromatic heterocycles. The summed E-state index contributed by atoms with van der Waals surface area (Å²) in [4.78, 5) is 11.9. The summed E-state index contributed by atoms with van der Waals surface area (Å²) in [6, 6.07) is 2.88. The fourth-order valence-electron chi connectivity index (χ4n) is 2.37. The van der Waals surface area contributed by atoms with Crippen LogP contribution >= 0.6 is 0 Å². The van der Waals surface area contributed by atoms with Crippen molar-refractivity contribution in [2.45, 2.75) is 13.8 Å². The standard InChI is InChI=1S/C17H15F3N4/c1-9(2)8-23-14-13(11-7-10(18)3-4-12(11)19)16(20)24-17-15(14)21-5-6-22-17/h3-7,9H,8H2,1-2H3,(H,22,23,24). The summed E-state index contributed by atoms with van der Waals surface area (Å²) in [7, 11) is 0. The van der Waals surface area contributed by atoms with Gasteiger partial charge in [0.05, 0.1) is 11.3 Å². The number of benzene rings is 1. The number of hydrogen-bond acceptors (Lipinski definition) is 4. The first kappa shape index (κ1) is 16.2. The van der Waals surface area contributed by atoms with Gasteiger partial charge in [-0.1, -0.05) is 13.8 Å². The number of pyridine rings is 1. The first-order chi connectivity index (χ1) is 11.5. The van der Waals surface area contributed by atoms with Crippen LogP contribution < -0.4 is 5.32 Å². The Hall–Kier alpha value is -2.70. The monoisotopic (exact) mass is 332 g/mol. The van der Waals surface area contributed by atoms with Gasteiger partial charge in [0.15, 0.2) is 5.65 Å². The Balaban J connectivity index is 2.31. The second kappa shape index (κ2) is 6.43. The zero-order chi connectivity index (χ0) is 17.3. The topological polar surface area (TPSA) is 50.7 Å². The van der Waals surface area contributed by atoms with Crippen molar-refractivity contribution in [2.24, 2.45) is 5.92 Å². The molecular formula is C17H15F3N4. The first-order valence-electron chi connectivity index (χ1n) is 7.47. The quantitative estimate of drug-likeness (QED) is 0.728. The Bertz CT molecular complexity index is 896. The van der Waals surface area contributed by atoms with Crippen LogP contribution in [-0.4, -0.2) is 21.5 Å². The highest BCUT2D eigenvalue weighted by Gasteiger charge is 2.21. The van der Waals surface area contributed by atoms with Crippen molar-refractivity contribution in [3.8, 4) is 11.1 Å². The normalized spacial score (nSPS) is 11.2. The number of halogens is 3. The Morgan fingerprint density at radius 1 is 1.08 bits per heavy atom. The number of rotatable bonds is 4. The fourth-order valence-corrected chi connectivity index (χ4v) is 2.37. The third kappa shape index (κ3) is 3.02. The Kier molecular flexibility index (Phi) is 4.33. The third-order valence-electron chi connectivity index (χ3n) is 3.46. The summed E-state index contributed by atoms with van der Waals surface area (Å²) in [5.41, 5.74) is 0.295. The number of fused-ring (bicyclic) bond motifs is 1. The number of hydrogen-bond donors (Lipinski definition) is 1. The fraction of sp³-hybridized carbons (Fsp3) is 0.235. The van der Waals surface area contributed by atoms with E-state index in [1.807, 2.05) is 13.8 Å². The molecule has 0 aliphatic rings. The van der Waals surface area contributed by atoms with Gasteiger partial charge >= 0.3 is 0 Å². The zero-order valence-electron chi connectivity index (χ0n) is 13.1. The molecule has 0 unspecified atom stereocenters. The number of nitrogens with zero attached hydrogens (tertiary/aromatic N) is 3. The van der Waals surface area contributed by atoms with Crippen molar-refractivity contribution in [2.75, 3.05) is 11.9 Å².